The SMILES string of the molecule is Cc1ccc(N2C(=O)NCC2c2ccc(CCC(=O)O)cc2)c(C(=N)N)c1. The molecule has 1 aliphatic rings. The highest BCUT2D eigenvalue weighted by Crippen LogP contribution is 2.33. The largest absolute Gasteiger partial charge is 0.481 e. The maximum atomic E-state index is 12.5. The summed E-state index contributed by atoms with van der Waals surface area (Å²) in [5.74, 6) is -0.914. The minimum Gasteiger partial charge on any atom is -0.481 e. The van der Waals surface area contributed by atoms with E-state index in [9.17, 15) is 9.59 Å². The van der Waals surface area contributed by atoms with Gasteiger partial charge in [-0.15, -0.1) is 0 Å². The van der Waals surface area contributed by atoms with E-state index in [2.05, 4.69) is 5.32 Å². The number of nitrogens with one attached hydrogen (secondary N) is 2. The number of nitrogen functional groups attached to an aromatic ring is 1. The number of nitrogens with two attached hydrogens (primary N) is 1. The van der Waals surface area contributed by atoms with E-state index < -0.39 is 5.97 Å². The fourth-order valence-electron chi connectivity index (χ4n) is 3.28. The van der Waals surface area contributed by atoms with Crippen LogP contribution < -0.4 is 16.0 Å². The Balaban J connectivity index is 1.91. The smallest absolute Gasteiger partial charge is 0.322 e. The van der Waals surface area contributed by atoms with E-state index in [-0.39, 0.29) is 24.3 Å². The van der Waals surface area contributed by atoms with Gasteiger partial charge in [-0.2, -0.15) is 0 Å². The Morgan fingerprint density at radius 3 is 2.63 bits per heavy atom. The average molecular weight is 366 g/mol. The molecule has 0 bridgehead atoms. The second-order valence-corrected chi connectivity index (χ2v) is 6.64. The molecule has 0 aromatic heterocycles. The van der Waals surface area contributed by atoms with Crippen LogP contribution in [0.2, 0.25) is 0 Å². The third-order valence-electron chi connectivity index (χ3n) is 4.67. The summed E-state index contributed by atoms with van der Waals surface area (Å²) in [6.45, 7) is 2.35. The Hall–Kier alpha value is -3.35. The number of hydrogen-bond donors (Lipinski definition) is 4. The van der Waals surface area contributed by atoms with Gasteiger partial charge in [0.15, 0.2) is 0 Å². The molecule has 140 valence electrons. The van der Waals surface area contributed by atoms with Gasteiger partial charge in [-0.3, -0.25) is 15.1 Å². The molecule has 2 aromatic carbocycles. The van der Waals surface area contributed by atoms with E-state index in [4.69, 9.17) is 16.2 Å². The number of aliphatic carboxylic acids is 1. The number of amidine groups is 1. The van der Waals surface area contributed by atoms with Crippen molar-refractivity contribution < 1.29 is 14.7 Å². The molecule has 0 aliphatic carbocycles. The van der Waals surface area contributed by atoms with Gasteiger partial charge in [-0.25, -0.2) is 4.79 Å². The van der Waals surface area contributed by atoms with Gasteiger partial charge >= 0.3 is 12.0 Å². The van der Waals surface area contributed by atoms with E-state index in [0.29, 0.717) is 24.2 Å². The lowest BCUT2D eigenvalue weighted by Gasteiger charge is -2.26. The summed E-state index contributed by atoms with van der Waals surface area (Å²) in [5, 5.41) is 19.5. The molecule has 3 rings (SSSR count). The summed E-state index contributed by atoms with van der Waals surface area (Å²) in [7, 11) is 0. The quantitative estimate of drug-likeness (QED) is 0.464. The zero-order valence-corrected chi connectivity index (χ0v) is 15.0. The van der Waals surface area contributed by atoms with Crippen molar-refractivity contribution in [1.82, 2.24) is 5.32 Å². The predicted molar refractivity (Wildman–Crippen MR) is 103 cm³/mol. The highest BCUT2D eigenvalue weighted by molar-refractivity contribution is 6.06. The maximum Gasteiger partial charge on any atom is 0.322 e. The molecule has 0 saturated carbocycles. The van der Waals surface area contributed by atoms with Crippen molar-refractivity contribution >= 4 is 23.5 Å². The molecule has 1 unspecified atom stereocenters. The number of carbonyl (C=O) groups excluding carboxylic acids is 1. The number of anilines is 1. The monoisotopic (exact) mass is 366 g/mol. The van der Waals surface area contributed by atoms with Gasteiger partial charge in [-0.1, -0.05) is 35.9 Å². The molecule has 1 heterocycles. The molecular weight excluding hydrogens is 344 g/mol. The summed E-state index contributed by atoms with van der Waals surface area (Å²) in [4.78, 5) is 24.8. The molecule has 0 radical (unpaired) electrons. The topological polar surface area (TPSA) is 120 Å². The minimum atomic E-state index is -0.827. The predicted octanol–water partition coefficient (Wildman–Crippen LogP) is 2.57. The van der Waals surface area contributed by atoms with Crippen LogP contribution in [0.5, 0.6) is 0 Å². The lowest BCUT2D eigenvalue weighted by Crippen LogP contribution is -2.32. The Morgan fingerprint density at radius 2 is 2.00 bits per heavy atom. The van der Waals surface area contributed by atoms with E-state index >= 15 is 0 Å². The van der Waals surface area contributed by atoms with Gasteiger partial charge in [0.05, 0.1) is 11.7 Å². The third-order valence-corrected chi connectivity index (χ3v) is 4.67. The second-order valence-electron chi connectivity index (χ2n) is 6.64. The molecule has 0 spiro atoms. The first-order chi connectivity index (χ1) is 12.9. The molecule has 7 nitrogen and oxygen atoms in total. The van der Waals surface area contributed by atoms with Crippen molar-refractivity contribution in [1.29, 1.82) is 5.41 Å². The number of hydrogen-bond acceptors (Lipinski definition) is 3. The summed E-state index contributed by atoms with van der Waals surface area (Å²) >= 11 is 0. The lowest BCUT2D eigenvalue weighted by atomic mass is 10.0. The first-order valence-corrected chi connectivity index (χ1v) is 8.69. The number of carbonyl (C=O) groups is 2. The summed E-state index contributed by atoms with van der Waals surface area (Å²) in [6.07, 6.45) is 0.550. The lowest BCUT2D eigenvalue weighted by molar-refractivity contribution is -0.136. The van der Waals surface area contributed by atoms with Crippen LogP contribution in [0.4, 0.5) is 10.5 Å². The summed E-state index contributed by atoms with van der Waals surface area (Å²) in [6, 6.07) is 12.6. The standard InChI is InChI=1S/C20H22N4O3/c1-12-2-8-16(15(10-12)19(21)22)24-17(11-23-20(24)27)14-6-3-13(4-7-14)5-9-18(25)26/h2-4,6-8,10,17H,5,9,11H2,1H3,(H3,21,22)(H,23,27)(H,25,26). The Bertz CT molecular complexity index is 893. The van der Waals surface area contributed by atoms with Crippen molar-refractivity contribution in [2.24, 2.45) is 5.73 Å². The van der Waals surface area contributed by atoms with Crippen LogP contribution in [-0.2, 0) is 11.2 Å². The Labute approximate surface area is 157 Å². The van der Waals surface area contributed by atoms with Gasteiger partial charge in [0, 0.05) is 18.5 Å². The molecule has 1 saturated heterocycles. The Morgan fingerprint density at radius 1 is 1.30 bits per heavy atom. The fraction of sp³-hybridized carbons (Fsp3) is 0.250. The maximum absolute atomic E-state index is 12.5. The highest BCUT2D eigenvalue weighted by atomic mass is 16.4. The van der Waals surface area contributed by atoms with Crippen LogP contribution in [-0.4, -0.2) is 29.5 Å². The number of urea groups is 1. The van der Waals surface area contributed by atoms with E-state index in [1.54, 1.807) is 11.0 Å². The average Bonchev–Trinajstić information content (AvgIpc) is 3.01. The van der Waals surface area contributed by atoms with Crippen molar-refractivity contribution in [2.45, 2.75) is 25.8 Å². The van der Waals surface area contributed by atoms with Crippen LogP contribution >= 0.6 is 0 Å². The number of benzene rings is 2. The molecule has 5 N–H and O–H groups in total. The number of rotatable bonds is 6. The molecule has 1 atom stereocenters. The zero-order chi connectivity index (χ0) is 19.6. The van der Waals surface area contributed by atoms with E-state index in [0.717, 1.165) is 16.7 Å². The zero-order valence-electron chi connectivity index (χ0n) is 15.0. The molecule has 2 amide bonds. The molecule has 7 heteroatoms. The normalized spacial score (nSPS) is 16.3. The molecule has 1 aliphatic heterocycles. The third kappa shape index (κ3) is 3.92. The number of amides is 2. The Kier molecular flexibility index (Phi) is 5.12. The molecular formula is C20H22N4O3. The number of carboxylic acid groups (broad SMARTS) is 1. The van der Waals surface area contributed by atoms with Crippen molar-refractivity contribution in [3.63, 3.8) is 0 Å². The van der Waals surface area contributed by atoms with Crippen LogP contribution in [0.3, 0.4) is 0 Å². The van der Waals surface area contributed by atoms with Crippen molar-refractivity contribution in [3.8, 4) is 0 Å². The number of carboxylic acids is 1. The van der Waals surface area contributed by atoms with Crippen molar-refractivity contribution in [3.05, 3.63) is 64.7 Å². The van der Waals surface area contributed by atoms with Crippen molar-refractivity contribution in [2.75, 3.05) is 11.4 Å². The first kappa shape index (κ1) is 18.4. The fourth-order valence-corrected chi connectivity index (χ4v) is 3.28. The first-order valence-electron chi connectivity index (χ1n) is 8.69. The highest BCUT2D eigenvalue weighted by Gasteiger charge is 2.34. The van der Waals surface area contributed by atoms with Crippen LogP contribution in [0.25, 0.3) is 0 Å². The minimum absolute atomic E-state index is 0.0836. The number of aryl methyl sites for hydroxylation is 2. The van der Waals surface area contributed by atoms with Crippen LogP contribution in [0.1, 0.15) is 34.7 Å². The van der Waals surface area contributed by atoms with Gasteiger partial charge in [0.2, 0.25) is 0 Å². The van der Waals surface area contributed by atoms with Gasteiger partial charge in [-0.05, 0) is 36.6 Å². The van der Waals surface area contributed by atoms with Crippen LogP contribution in [0, 0.1) is 12.3 Å². The van der Waals surface area contributed by atoms with E-state index in [1.807, 2.05) is 43.3 Å². The van der Waals surface area contributed by atoms with E-state index in [1.165, 1.54) is 0 Å². The summed E-state index contributed by atoms with van der Waals surface area (Å²) < 4.78 is 0. The van der Waals surface area contributed by atoms with Crippen LogP contribution in [0.15, 0.2) is 42.5 Å². The molecule has 1 fully saturated rings. The number of nitrogens with zero attached hydrogens (tertiary/aromatic N) is 1. The van der Waals surface area contributed by atoms with Gasteiger partial charge in [0.25, 0.3) is 0 Å². The molecule has 27 heavy (non-hydrogen) atoms. The second kappa shape index (κ2) is 7.49. The summed E-state index contributed by atoms with van der Waals surface area (Å²) in [5.41, 5.74) is 9.69. The van der Waals surface area contributed by atoms with Gasteiger partial charge in [0.1, 0.15) is 5.84 Å². The molecule has 2 aromatic rings. The van der Waals surface area contributed by atoms with Gasteiger partial charge < -0.3 is 16.2 Å².